The molecule has 0 nitrogen and oxygen atoms in total. The van der Waals surface area contributed by atoms with Crippen molar-refractivity contribution >= 4 is 11.1 Å². The van der Waals surface area contributed by atoms with Gasteiger partial charge in [-0.05, 0) is 166 Å². The minimum atomic E-state index is 0.350. The Bertz CT molecular complexity index is 2550. The molecule has 58 heavy (non-hydrogen) atoms. The van der Waals surface area contributed by atoms with Crippen molar-refractivity contribution in [1.82, 2.24) is 0 Å². The summed E-state index contributed by atoms with van der Waals surface area (Å²) in [6.07, 6.45) is 70.7. The van der Waals surface area contributed by atoms with Crippen LogP contribution in [-0.2, 0) is 0 Å². The Morgan fingerprint density at radius 3 is 1.71 bits per heavy atom. The first-order valence-corrected chi connectivity index (χ1v) is 22.3. The minimum Gasteiger partial charge on any atom is -0.0842 e. The smallest absolute Gasteiger partial charge is 0.0134 e. The van der Waals surface area contributed by atoms with Gasteiger partial charge in [-0.1, -0.05) is 170 Å². The van der Waals surface area contributed by atoms with E-state index < -0.39 is 0 Å². The molecule has 0 fully saturated rings. The summed E-state index contributed by atoms with van der Waals surface area (Å²) >= 11 is 0. The van der Waals surface area contributed by atoms with Crippen molar-refractivity contribution < 1.29 is 0 Å². The molecular formula is C58H56. The molecule has 0 aliphatic heterocycles. The molecule has 0 saturated carbocycles. The summed E-state index contributed by atoms with van der Waals surface area (Å²) in [7, 11) is 0. The van der Waals surface area contributed by atoms with E-state index in [1.165, 1.54) is 84.6 Å². The first-order valence-electron chi connectivity index (χ1n) is 22.3. The molecule has 0 bridgehead atoms. The van der Waals surface area contributed by atoms with Crippen molar-refractivity contribution in [3.8, 4) is 0 Å². The topological polar surface area (TPSA) is 0 Å². The molecule has 4 unspecified atom stereocenters. The Labute approximate surface area is 346 Å². The summed E-state index contributed by atoms with van der Waals surface area (Å²) in [6.45, 7) is 0. The van der Waals surface area contributed by atoms with Crippen LogP contribution in [0.15, 0.2) is 226 Å². The van der Waals surface area contributed by atoms with Crippen LogP contribution in [0.4, 0.5) is 0 Å². The largest absolute Gasteiger partial charge is 0.0842 e. The molecular weight excluding hydrogens is 697 g/mol. The molecule has 9 aliphatic carbocycles. The Morgan fingerprint density at radius 1 is 0.466 bits per heavy atom. The van der Waals surface area contributed by atoms with Crippen LogP contribution in [0.5, 0.6) is 0 Å². The average molecular weight is 753 g/mol. The van der Waals surface area contributed by atoms with Gasteiger partial charge in [0.15, 0.2) is 0 Å². The zero-order chi connectivity index (χ0) is 38.7. The van der Waals surface area contributed by atoms with Crippen molar-refractivity contribution in [3.63, 3.8) is 0 Å². The Balaban J connectivity index is 0.953. The molecule has 0 amide bonds. The van der Waals surface area contributed by atoms with Crippen LogP contribution in [0, 0.1) is 23.7 Å². The highest BCUT2D eigenvalue weighted by Gasteiger charge is 2.34. The summed E-state index contributed by atoms with van der Waals surface area (Å²) < 4.78 is 0. The molecule has 9 aliphatic rings. The minimum absolute atomic E-state index is 0.350. The first kappa shape index (κ1) is 36.9. The molecule has 0 saturated heterocycles. The molecule has 288 valence electrons. The van der Waals surface area contributed by atoms with Gasteiger partial charge >= 0.3 is 0 Å². The van der Waals surface area contributed by atoms with Crippen molar-refractivity contribution in [1.29, 1.82) is 0 Å². The Kier molecular flexibility index (Phi) is 10.7. The molecule has 0 spiro atoms. The van der Waals surface area contributed by atoms with E-state index >= 15 is 0 Å². The van der Waals surface area contributed by atoms with Crippen LogP contribution in [0.25, 0.3) is 11.1 Å². The van der Waals surface area contributed by atoms with Crippen molar-refractivity contribution in [3.05, 3.63) is 236 Å². The predicted octanol–water partition coefficient (Wildman–Crippen LogP) is 13.4. The zero-order valence-corrected chi connectivity index (χ0v) is 34.0. The maximum Gasteiger partial charge on any atom is 0.0134 e. The van der Waals surface area contributed by atoms with Crippen molar-refractivity contribution in [2.24, 2.45) is 23.7 Å². The Hall–Kier alpha value is -5.46. The summed E-state index contributed by atoms with van der Waals surface area (Å²) in [4.78, 5) is 0. The van der Waals surface area contributed by atoms with Gasteiger partial charge in [0.2, 0.25) is 0 Å². The second-order valence-corrected chi connectivity index (χ2v) is 17.4. The standard InChI is InChI=1S/C58H56/c1-4-14-43(15-5-1)46-30-26-41(27-31-46)24-25-42-28-32-48(33-29-42)57-53-20-10-12-22-55(53)58(56-23-13-11-21-54(56)57)49-36-34-47(35-37-49)52-39-50(44-16-6-2-7-17-44)38-51(40-52)45-18-8-3-9-19-45/h1-2,4,6-8,10-14,16,18-26,28,30,32,34,36,38,40,44,50,53,55H,3,5,9,15,17,27,29,31,33,35,37,39H2. The van der Waals surface area contributed by atoms with Gasteiger partial charge in [-0.2, -0.15) is 0 Å². The van der Waals surface area contributed by atoms with Crippen molar-refractivity contribution in [2.75, 3.05) is 0 Å². The van der Waals surface area contributed by atoms with E-state index in [-0.39, 0.29) is 0 Å². The normalized spacial score (nSPS) is 27.7. The second kappa shape index (κ2) is 16.8. The van der Waals surface area contributed by atoms with Crippen molar-refractivity contribution in [2.45, 2.75) is 77.0 Å². The molecule has 1 aromatic carbocycles. The third kappa shape index (κ3) is 7.63. The van der Waals surface area contributed by atoms with Crippen LogP contribution in [0.2, 0.25) is 0 Å². The lowest BCUT2D eigenvalue weighted by molar-refractivity contribution is 0.467. The highest BCUT2D eigenvalue weighted by atomic mass is 14.4. The summed E-state index contributed by atoms with van der Waals surface area (Å²) in [5.74, 6) is 1.80. The molecule has 0 heterocycles. The summed E-state index contributed by atoms with van der Waals surface area (Å²) in [5.41, 5.74) is 17.9. The quantitative estimate of drug-likeness (QED) is 0.248. The highest BCUT2D eigenvalue weighted by molar-refractivity contribution is 5.81. The van der Waals surface area contributed by atoms with Gasteiger partial charge in [0.05, 0.1) is 0 Å². The number of fused-ring (bicyclic) bond motifs is 2. The molecule has 4 atom stereocenters. The third-order valence-corrected chi connectivity index (χ3v) is 13.9. The fourth-order valence-electron chi connectivity index (χ4n) is 10.8. The third-order valence-electron chi connectivity index (χ3n) is 13.9. The van der Waals surface area contributed by atoms with Crippen LogP contribution < -0.4 is 10.4 Å². The number of hydrogen-bond acceptors (Lipinski definition) is 0. The molecule has 0 radical (unpaired) electrons. The van der Waals surface area contributed by atoms with Gasteiger partial charge in [-0.3, -0.25) is 0 Å². The lowest BCUT2D eigenvalue weighted by Gasteiger charge is -2.36. The maximum absolute atomic E-state index is 2.58. The second-order valence-electron chi connectivity index (χ2n) is 17.4. The molecule has 0 heteroatoms. The first-order chi connectivity index (χ1) is 28.7. The van der Waals surface area contributed by atoms with Gasteiger partial charge in [0.1, 0.15) is 0 Å². The van der Waals surface area contributed by atoms with Gasteiger partial charge < -0.3 is 0 Å². The van der Waals surface area contributed by atoms with Crippen LogP contribution in [0.3, 0.4) is 0 Å². The zero-order valence-electron chi connectivity index (χ0n) is 34.0. The van der Waals surface area contributed by atoms with Gasteiger partial charge in [0, 0.05) is 11.8 Å². The lowest BCUT2D eigenvalue weighted by atomic mass is 9.67. The van der Waals surface area contributed by atoms with E-state index in [1.54, 1.807) is 5.57 Å². The van der Waals surface area contributed by atoms with E-state index in [0.717, 1.165) is 64.2 Å². The van der Waals surface area contributed by atoms with Gasteiger partial charge in [0.25, 0.3) is 0 Å². The molecule has 0 aromatic heterocycles. The predicted molar refractivity (Wildman–Crippen MR) is 247 cm³/mol. The maximum atomic E-state index is 2.58. The van der Waals surface area contributed by atoms with Crippen LogP contribution >= 0.6 is 0 Å². The summed E-state index contributed by atoms with van der Waals surface area (Å²) in [5, 5.41) is 2.87. The Morgan fingerprint density at radius 2 is 1.10 bits per heavy atom. The van der Waals surface area contributed by atoms with E-state index in [2.05, 4.69) is 170 Å². The van der Waals surface area contributed by atoms with E-state index in [1.807, 2.05) is 0 Å². The number of rotatable bonds is 8. The van der Waals surface area contributed by atoms with Crippen LogP contribution in [0.1, 0.15) is 77.0 Å². The molecule has 0 N–H and O–H groups in total. The van der Waals surface area contributed by atoms with Gasteiger partial charge in [-0.25, -0.2) is 0 Å². The van der Waals surface area contributed by atoms with E-state index in [4.69, 9.17) is 0 Å². The molecule has 1 aromatic rings. The fourth-order valence-corrected chi connectivity index (χ4v) is 10.8. The van der Waals surface area contributed by atoms with Crippen LogP contribution in [-0.4, -0.2) is 0 Å². The summed E-state index contributed by atoms with van der Waals surface area (Å²) in [6, 6.07) is 9.32. The lowest BCUT2D eigenvalue weighted by Crippen LogP contribution is -2.40. The van der Waals surface area contributed by atoms with E-state index in [9.17, 15) is 0 Å². The number of allylic oxidation sites excluding steroid dienone is 34. The number of hydrogen-bond donors (Lipinski definition) is 0. The SMILES string of the molecule is C1=CCCC(C2=CC=C(C=CC3=CC=C(C4=c5ccccc5=C(C5=CC=C(C6=CC(C7=CCCC=C7)=CC(C7C=CC=CC7)C6)CC5)C5C=CC=CC45)CC3)CC2)=C1. The van der Waals surface area contributed by atoms with Gasteiger partial charge in [-0.15, -0.1) is 0 Å². The monoisotopic (exact) mass is 752 g/mol. The average Bonchev–Trinajstić information content (AvgIpc) is 3.31. The van der Waals surface area contributed by atoms with E-state index in [0.29, 0.717) is 23.7 Å². The highest BCUT2D eigenvalue weighted by Crippen LogP contribution is 2.46. The number of benzene rings is 1. The molecule has 10 rings (SSSR count). The fraction of sp³-hybridized carbons (Fsp3) is 0.276.